The zero-order valence-electron chi connectivity index (χ0n) is 24.6. The molecule has 224 valence electrons. The zero-order chi connectivity index (χ0) is 29.8. The van der Waals surface area contributed by atoms with Crippen LogP contribution < -0.4 is 10.6 Å². The fourth-order valence-electron chi connectivity index (χ4n) is 4.09. The smallest absolute Gasteiger partial charge is 0.445 e. The molecule has 1 heterocycles. The summed E-state index contributed by atoms with van der Waals surface area (Å²) in [5.41, 5.74) is -0.513. The van der Waals surface area contributed by atoms with Crippen molar-refractivity contribution in [1.82, 2.24) is 15.5 Å². The van der Waals surface area contributed by atoms with Gasteiger partial charge in [0.15, 0.2) is 0 Å². The summed E-state index contributed by atoms with van der Waals surface area (Å²) in [5, 5.41) is 5.41. The molecule has 0 bridgehead atoms. The number of amides is 3. The molecule has 1 aromatic rings. The molecule has 2 rings (SSSR count). The molecule has 3 amide bonds. The quantitative estimate of drug-likeness (QED) is 0.220. The van der Waals surface area contributed by atoms with Crippen molar-refractivity contribution in [3.05, 3.63) is 35.9 Å². The van der Waals surface area contributed by atoms with Crippen LogP contribution >= 0.6 is 0 Å². The maximum Gasteiger partial charge on any atom is 0.508 e. The normalized spacial score (nSPS) is 16.1. The summed E-state index contributed by atoms with van der Waals surface area (Å²) in [7, 11) is 0. The molecule has 11 heteroatoms. The number of hydrogen-bond donors (Lipinski definition) is 2. The lowest BCUT2D eigenvalue weighted by atomic mass is 10.1. The molecule has 0 aromatic heterocycles. The summed E-state index contributed by atoms with van der Waals surface area (Å²) in [5.74, 6) is -0.267. The molecular formula is C29H45N3O8. The lowest BCUT2D eigenvalue weighted by Crippen LogP contribution is -2.51. The van der Waals surface area contributed by atoms with Crippen LogP contribution in [0.2, 0.25) is 0 Å². The molecule has 1 fully saturated rings. The zero-order valence-corrected chi connectivity index (χ0v) is 24.6. The minimum atomic E-state index is -0.831. The second kappa shape index (κ2) is 15.3. The molecule has 0 spiro atoms. The summed E-state index contributed by atoms with van der Waals surface area (Å²) in [4.78, 5) is 51.7. The van der Waals surface area contributed by atoms with E-state index in [0.29, 0.717) is 38.8 Å². The van der Waals surface area contributed by atoms with Crippen molar-refractivity contribution in [3.8, 4) is 0 Å². The van der Waals surface area contributed by atoms with Crippen LogP contribution in [-0.2, 0) is 30.3 Å². The summed E-state index contributed by atoms with van der Waals surface area (Å²) in [6.45, 7) is 11.5. The third-order valence-corrected chi connectivity index (χ3v) is 5.83. The number of likely N-dealkylation sites (tertiary alicyclic amines) is 1. The molecule has 0 aliphatic carbocycles. The van der Waals surface area contributed by atoms with Crippen molar-refractivity contribution >= 4 is 24.2 Å². The minimum Gasteiger partial charge on any atom is -0.445 e. The van der Waals surface area contributed by atoms with Crippen LogP contribution in [0, 0.1) is 0 Å². The van der Waals surface area contributed by atoms with Gasteiger partial charge in [0.2, 0.25) is 5.91 Å². The van der Waals surface area contributed by atoms with Crippen LogP contribution in [0.4, 0.5) is 14.4 Å². The van der Waals surface area contributed by atoms with Gasteiger partial charge in [-0.25, -0.2) is 14.4 Å². The van der Waals surface area contributed by atoms with E-state index in [9.17, 15) is 19.2 Å². The fourth-order valence-corrected chi connectivity index (χ4v) is 4.09. The Morgan fingerprint density at radius 1 is 0.925 bits per heavy atom. The molecule has 1 saturated heterocycles. The van der Waals surface area contributed by atoms with Crippen molar-refractivity contribution < 1.29 is 38.1 Å². The van der Waals surface area contributed by atoms with E-state index >= 15 is 0 Å². The molecule has 1 aromatic carbocycles. The van der Waals surface area contributed by atoms with Gasteiger partial charge in [-0.15, -0.1) is 0 Å². The number of alkyl carbamates (subject to hydrolysis) is 2. The Hall–Kier alpha value is -3.50. The molecule has 0 saturated carbocycles. The van der Waals surface area contributed by atoms with E-state index in [0.717, 1.165) is 12.0 Å². The standard InChI is InChI=1S/C29H45N3O8/c1-28(2,3)39-26(35)31-23(16-10-11-17-30-25(34)37-19-21-13-8-7-9-14-21)24(33)32-18-12-15-22(32)20-38-27(36)40-29(4,5)6/h7-9,13-14,22-23H,10-12,15-20H2,1-6H3,(H,30,34)(H,31,35)/t22-,23-/m0/s1. The predicted molar refractivity (Wildman–Crippen MR) is 149 cm³/mol. The van der Waals surface area contributed by atoms with Gasteiger partial charge in [0.05, 0.1) is 6.04 Å². The van der Waals surface area contributed by atoms with Gasteiger partial charge in [0.1, 0.15) is 30.5 Å². The largest absolute Gasteiger partial charge is 0.508 e. The topological polar surface area (TPSA) is 132 Å². The highest BCUT2D eigenvalue weighted by atomic mass is 16.7. The van der Waals surface area contributed by atoms with E-state index in [1.165, 1.54) is 0 Å². The molecule has 11 nitrogen and oxygen atoms in total. The van der Waals surface area contributed by atoms with Gasteiger partial charge in [-0.3, -0.25) is 4.79 Å². The van der Waals surface area contributed by atoms with Crippen molar-refractivity contribution in [2.75, 3.05) is 19.7 Å². The van der Waals surface area contributed by atoms with Crippen LogP contribution in [0.3, 0.4) is 0 Å². The Kier molecular flexibility index (Phi) is 12.5. The highest BCUT2D eigenvalue weighted by molar-refractivity contribution is 5.86. The number of hydrogen-bond acceptors (Lipinski definition) is 8. The number of rotatable bonds is 11. The van der Waals surface area contributed by atoms with Crippen molar-refractivity contribution in [3.63, 3.8) is 0 Å². The summed E-state index contributed by atoms with van der Waals surface area (Å²) >= 11 is 0. The van der Waals surface area contributed by atoms with Crippen LogP contribution in [0.15, 0.2) is 30.3 Å². The first-order chi connectivity index (χ1) is 18.7. The molecule has 0 unspecified atom stereocenters. The summed E-state index contributed by atoms with van der Waals surface area (Å²) in [6.07, 6.45) is 0.899. The average Bonchev–Trinajstić information content (AvgIpc) is 3.32. The van der Waals surface area contributed by atoms with Gasteiger partial charge in [-0.05, 0) is 79.2 Å². The Bertz CT molecular complexity index is 972. The van der Waals surface area contributed by atoms with E-state index < -0.39 is 35.6 Å². The monoisotopic (exact) mass is 563 g/mol. The number of carbonyl (C=O) groups excluding carboxylic acids is 4. The molecular weight excluding hydrogens is 518 g/mol. The number of nitrogens with zero attached hydrogens (tertiary/aromatic N) is 1. The predicted octanol–water partition coefficient (Wildman–Crippen LogP) is 4.92. The third kappa shape index (κ3) is 13.0. The molecule has 1 aliphatic rings. The molecule has 2 N–H and O–H groups in total. The van der Waals surface area contributed by atoms with Gasteiger partial charge >= 0.3 is 18.3 Å². The Balaban J connectivity index is 1.88. The van der Waals surface area contributed by atoms with E-state index in [1.807, 2.05) is 30.3 Å². The fraction of sp³-hybridized carbons (Fsp3) is 0.655. The van der Waals surface area contributed by atoms with Gasteiger partial charge in [0, 0.05) is 13.1 Å². The first-order valence-corrected chi connectivity index (χ1v) is 13.8. The van der Waals surface area contributed by atoms with Crippen molar-refractivity contribution in [2.45, 2.75) is 104 Å². The van der Waals surface area contributed by atoms with Gasteiger partial charge < -0.3 is 34.5 Å². The van der Waals surface area contributed by atoms with Gasteiger partial charge in [-0.1, -0.05) is 30.3 Å². The molecule has 0 radical (unpaired) electrons. The summed E-state index contributed by atoms with van der Waals surface area (Å²) < 4.78 is 21.1. The Labute approximate surface area is 237 Å². The van der Waals surface area contributed by atoms with E-state index in [-0.39, 0.29) is 25.2 Å². The van der Waals surface area contributed by atoms with E-state index in [4.69, 9.17) is 18.9 Å². The first kappa shape index (κ1) is 32.7. The number of unbranched alkanes of at least 4 members (excludes halogenated alkanes) is 1. The maximum absolute atomic E-state index is 13.5. The number of ether oxygens (including phenoxy) is 4. The minimum absolute atomic E-state index is 0.00875. The third-order valence-electron chi connectivity index (χ3n) is 5.83. The van der Waals surface area contributed by atoms with Crippen LogP contribution in [0.5, 0.6) is 0 Å². The molecule has 2 atom stereocenters. The molecule has 1 aliphatic heterocycles. The van der Waals surface area contributed by atoms with Crippen LogP contribution in [-0.4, -0.2) is 72.1 Å². The second-order valence-corrected chi connectivity index (χ2v) is 11.8. The highest BCUT2D eigenvalue weighted by Gasteiger charge is 2.35. The number of benzene rings is 1. The Morgan fingerprint density at radius 3 is 2.25 bits per heavy atom. The number of nitrogens with one attached hydrogen (secondary N) is 2. The van der Waals surface area contributed by atoms with Gasteiger partial charge in [-0.2, -0.15) is 0 Å². The average molecular weight is 564 g/mol. The van der Waals surface area contributed by atoms with Crippen LogP contribution in [0.25, 0.3) is 0 Å². The summed E-state index contributed by atoms with van der Waals surface area (Å²) in [6, 6.07) is 8.23. The highest BCUT2D eigenvalue weighted by Crippen LogP contribution is 2.21. The Morgan fingerprint density at radius 2 is 1.60 bits per heavy atom. The SMILES string of the molecule is CC(C)(C)OC(=O)N[C@@H](CCCCNC(=O)OCc1ccccc1)C(=O)N1CCC[C@H]1COC(=O)OC(C)(C)C. The number of carbonyl (C=O) groups is 4. The second-order valence-electron chi connectivity index (χ2n) is 11.8. The first-order valence-electron chi connectivity index (χ1n) is 13.8. The van der Waals surface area contributed by atoms with E-state index in [1.54, 1.807) is 46.4 Å². The lowest BCUT2D eigenvalue weighted by molar-refractivity contribution is -0.135. The van der Waals surface area contributed by atoms with E-state index in [2.05, 4.69) is 10.6 Å². The maximum atomic E-state index is 13.5. The molecule has 40 heavy (non-hydrogen) atoms. The van der Waals surface area contributed by atoms with Gasteiger partial charge in [0.25, 0.3) is 0 Å². The van der Waals surface area contributed by atoms with Crippen molar-refractivity contribution in [1.29, 1.82) is 0 Å². The lowest BCUT2D eigenvalue weighted by Gasteiger charge is -2.30. The van der Waals surface area contributed by atoms with Crippen molar-refractivity contribution in [2.24, 2.45) is 0 Å². The van der Waals surface area contributed by atoms with Crippen LogP contribution in [0.1, 0.15) is 79.2 Å².